The second-order valence-corrected chi connectivity index (χ2v) is 7.09. The maximum atomic E-state index is 11.5. The predicted molar refractivity (Wildman–Crippen MR) is 87.9 cm³/mol. The third-order valence-electron chi connectivity index (χ3n) is 3.91. The largest absolute Gasteiger partial charge is 0.370 e. The Labute approximate surface area is 129 Å². The minimum absolute atomic E-state index is 0. The van der Waals surface area contributed by atoms with Crippen molar-refractivity contribution in [2.45, 2.75) is 55.7 Å². The van der Waals surface area contributed by atoms with E-state index in [2.05, 4.69) is 10.3 Å². The zero-order valence-electron chi connectivity index (χ0n) is 11.0. The van der Waals surface area contributed by atoms with Gasteiger partial charge in [0.15, 0.2) is 5.96 Å². The van der Waals surface area contributed by atoms with E-state index < -0.39 is 10.8 Å². The molecule has 0 aromatic heterocycles. The van der Waals surface area contributed by atoms with Gasteiger partial charge < -0.3 is 11.1 Å². The Kier molecular flexibility index (Phi) is 6.37. The molecule has 0 spiro atoms. The van der Waals surface area contributed by atoms with Crippen LogP contribution in [0, 0.1) is 0 Å². The van der Waals surface area contributed by atoms with Crippen LogP contribution in [0.2, 0.25) is 0 Å². The summed E-state index contributed by atoms with van der Waals surface area (Å²) in [6, 6.07) is 0.495. The Morgan fingerprint density at radius 3 is 2.50 bits per heavy atom. The van der Waals surface area contributed by atoms with Gasteiger partial charge in [-0.15, -0.1) is 24.0 Å². The third kappa shape index (κ3) is 4.36. The molecule has 0 bridgehead atoms. The lowest BCUT2D eigenvalue weighted by Crippen LogP contribution is -2.41. The van der Waals surface area contributed by atoms with Crippen LogP contribution in [0.5, 0.6) is 0 Å². The van der Waals surface area contributed by atoms with Crippen molar-refractivity contribution in [1.82, 2.24) is 5.32 Å². The normalized spacial score (nSPS) is 25.1. The molecule has 0 aromatic carbocycles. The number of hydrogen-bond acceptors (Lipinski definition) is 2. The number of rotatable bonds is 4. The van der Waals surface area contributed by atoms with Crippen molar-refractivity contribution in [3.63, 3.8) is 0 Å². The van der Waals surface area contributed by atoms with E-state index in [9.17, 15) is 4.21 Å². The average molecular weight is 385 g/mol. The molecule has 2 saturated carbocycles. The van der Waals surface area contributed by atoms with Crippen molar-refractivity contribution in [3.05, 3.63) is 0 Å². The van der Waals surface area contributed by atoms with Gasteiger partial charge in [0.2, 0.25) is 0 Å². The Morgan fingerprint density at radius 2 is 2.00 bits per heavy atom. The second-order valence-electron chi connectivity index (χ2n) is 5.32. The number of nitrogens with one attached hydrogen (secondary N) is 1. The summed E-state index contributed by atoms with van der Waals surface area (Å²) in [7, 11) is -0.778. The number of halogens is 1. The summed E-state index contributed by atoms with van der Waals surface area (Å²) in [6.45, 7) is 0.613. The van der Waals surface area contributed by atoms with E-state index in [1.807, 2.05) is 0 Å². The minimum Gasteiger partial charge on any atom is -0.370 e. The smallest absolute Gasteiger partial charge is 0.188 e. The number of guanidine groups is 1. The molecule has 106 valence electrons. The second kappa shape index (κ2) is 7.07. The summed E-state index contributed by atoms with van der Waals surface area (Å²) in [5.41, 5.74) is 5.88. The Bertz CT molecular complexity index is 325. The van der Waals surface area contributed by atoms with Crippen molar-refractivity contribution in [3.8, 4) is 0 Å². The minimum atomic E-state index is -0.778. The molecular formula is C12H24IN3OS. The van der Waals surface area contributed by atoms with Crippen LogP contribution in [0.15, 0.2) is 4.99 Å². The highest BCUT2D eigenvalue weighted by atomic mass is 127. The zero-order chi connectivity index (χ0) is 12.3. The van der Waals surface area contributed by atoms with E-state index >= 15 is 0 Å². The molecule has 0 aliphatic heterocycles. The van der Waals surface area contributed by atoms with Gasteiger partial charge in [-0.1, -0.05) is 19.3 Å². The van der Waals surface area contributed by atoms with Gasteiger partial charge in [0.25, 0.3) is 0 Å². The Hall–Kier alpha value is 0.150. The summed E-state index contributed by atoms with van der Waals surface area (Å²) in [5, 5.41) is 3.29. The first-order valence-electron chi connectivity index (χ1n) is 6.52. The number of hydrogen-bond donors (Lipinski definition) is 2. The lowest BCUT2D eigenvalue weighted by atomic mass is 9.96. The molecule has 4 nitrogen and oxygen atoms in total. The van der Waals surface area contributed by atoms with Gasteiger partial charge in [0.05, 0.1) is 11.3 Å². The molecule has 2 rings (SSSR count). The standard InChI is InChI=1S/C12H23N3OS.HI/c1-17(16)12(7-8-12)9-14-11(13)15-10-5-3-2-4-6-10;/h10H,2-9H2,1H3,(H3,13,14,15);1H. The fourth-order valence-corrected chi connectivity index (χ4v) is 3.33. The van der Waals surface area contributed by atoms with E-state index in [1.165, 1.54) is 32.1 Å². The Morgan fingerprint density at radius 1 is 1.39 bits per heavy atom. The molecule has 2 aliphatic carbocycles. The lowest BCUT2D eigenvalue weighted by molar-refractivity contribution is 0.412. The van der Waals surface area contributed by atoms with Crippen molar-refractivity contribution in [2.24, 2.45) is 10.7 Å². The fourth-order valence-electron chi connectivity index (χ4n) is 2.41. The molecule has 0 heterocycles. The van der Waals surface area contributed by atoms with Crippen LogP contribution in [0.25, 0.3) is 0 Å². The van der Waals surface area contributed by atoms with Gasteiger partial charge in [-0.3, -0.25) is 9.20 Å². The first kappa shape index (κ1) is 16.2. The third-order valence-corrected chi connectivity index (χ3v) is 5.67. The van der Waals surface area contributed by atoms with Gasteiger partial charge >= 0.3 is 0 Å². The molecule has 0 saturated heterocycles. The summed E-state index contributed by atoms with van der Waals surface area (Å²) in [5.74, 6) is 0.536. The van der Waals surface area contributed by atoms with Crippen LogP contribution in [-0.2, 0) is 10.8 Å². The maximum absolute atomic E-state index is 11.5. The van der Waals surface area contributed by atoms with Gasteiger partial charge in [-0.25, -0.2) is 0 Å². The topological polar surface area (TPSA) is 67.5 Å². The van der Waals surface area contributed by atoms with Crippen LogP contribution in [-0.4, -0.2) is 33.8 Å². The number of nitrogens with two attached hydrogens (primary N) is 1. The summed E-state index contributed by atoms with van der Waals surface area (Å²) >= 11 is 0. The van der Waals surface area contributed by atoms with Gasteiger partial charge in [0.1, 0.15) is 0 Å². The lowest BCUT2D eigenvalue weighted by Gasteiger charge is -2.23. The molecule has 6 heteroatoms. The van der Waals surface area contributed by atoms with Crippen molar-refractivity contribution in [1.29, 1.82) is 0 Å². The number of aliphatic imine (C=N–C) groups is 1. The highest BCUT2D eigenvalue weighted by Crippen LogP contribution is 2.41. The van der Waals surface area contributed by atoms with Gasteiger partial charge in [0, 0.05) is 23.1 Å². The van der Waals surface area contributed by atoms with Crippen molar-refractivity contribution >= 4 is 40.7 Å². The SMILES string of the molecule is CS(=O)C1(CN=C(N)NC2CCCCC2)CC1.I. The fraction of sp³-hybridized carbons (Fsp3) is 0.917. The molecule has 18 heavy (non-hydrogen) atoms. The highest BCUT2D eigenvalue weighted by Gasteiger charge is 2.46. The van der Waals surface area contributed by atoms with Crippen molar-refractivity contribution in [2.75, 3.05) is 12.8 Å². The molecule has 2 aliphatic rings. The van der Waals surface area contributed by atoms with Gasteiger partial charge in [-0.2, -0.15) is 0 Å². The molecule has 0 aromatic rings. The van der Waals surface area contributed by atoms with Crippen LogP contribution < -0.4 is 11.1 Å². The predicted octanol–water partition coefficient (Wildman–Crippen LogP) is 1.75. The monoisotopic (exact) mass is 385 g/mol. The van der Waals surface area contributed by atoms with Gasteiger partial charge in [-0.05, 0) is 25.7 Å². The molecule has 2 fully saturated rings. The molecule has 0 amide bonds. The average Bonchev–Trinajstić information content (AvgIpc) is 3.09. The Balaban J connectivity index is 0.00000162. The summed E-state index contributed by atoms with van der Waals surface area (Å²) in [4.78, 5) is 4.36. The van der Waals surface area contributed by atoms with Crippen LogP contribution in [0.1, 0.15) is 44.9 Å². The van der Waals surface area contributed by atoms with Crippen LogP contribution in [0.4, 0.5) is 0 Å². The van der Waals surface area contributed by atoms with E-state index in [-0.39, 0.29) is 28.7 Å². The van der Waals surface area contributed by atoms with Crippen LogP contribution >= 0.6 is 24.0 Å². The molecule has 1 atom stereocenters. The highest BCUT2D eigenvalue weighted by molar-refractivity contribution is 14.0. The zero-order valence-corrected chi connectivity index (χ0v) is 14.1. The first-order chi connectivity index (χ1) is 8.12. The first-order valence-corrected chi connectivity index (χ1v) is 8.08. The molecule has 0 radical (unpaired) electrons. The quantitative estimate of drug-likeness (QED) is 0.440. The number of nitrogens with zero attached hydrogens (tertiary/aromatic N) is 1. The van der Waals surface area contributed by atoms with Crippen LogP contribution in [0.3, 0.4) is 0 Å². The molecule has 1 unspecified atom stereocenters. The maximum Gasteiger partial charge on any atom is 0.188 e. The van der Waals surface area contributed by atoms with E-state index in [1.54, 1.807) is 6.26 Å². The van der Waals surface area contributed by atoms with E-state index in [4.69, 9.17) is 5.73 Å². The molecule has 3 N–H and O–H groups in total. The van der Waals surface area contributed by atoms with E-state index in [0.717, 1.165) is 12.8 Å². The summed E-state index contributed by atoms with van der Waals surface area (Å²) in [6.07, 6.45) is 10.1. The van der Waals surface area contributed by atoms with Crippen molar-refractivity contribution < 1.29 is 4.21 Å². The van der Waals surface area contributed by atoms with E-state index in [0.29, 0.717) is 18.5 Å². The summed E-state index contributed by atoms with van der Waals surface area (Å²) < 4.78 is 11.5. The molecular weight excluding hydrogens is 361 g/mol.